The molecule has 0 amide bonds. The first-order chi connectivity index (χ1) is 13.0. The van der Waals surface area contributed by atoms with Gasteiger partial charge in [0.25, 0.3) is 0 Å². The number of allylic oxidation sites excluding steroid dienone is 3. The summed E-state index contributed by atoms with van der Waals surface area (Å²) in [5.41, 5.74) is 2.74. The Labute approximate surface area is 159 Å². The maximum absolute atomic E-state index is 12.9. The number of hydrogen-bond donors (Lipinski definition) is 1. The highest BCUT2D eigenvalue weighted by Crippen LogP contribution is 2.47. The third-order valence-electron chi connectivity index (χ3n) is 5.08. The summed E-state index contributed by atoms with van der Waals surface area (Å²) in [6, 6.07) is 5.43. The molecule has 2 atom stereocenters. The average molecular weight is 371 g/mol. The highest BCUT2D eigenvalue weighted by atomic mass is 16.5. The molecule has 1 aromatic rings. The summed E-state index contributed by atoms with van der Waals surface area (Å²) in [5.74, 6) is -0.0368. The van der Waals surface area contributed by atoms with Crippen LogP contribution in [0.2, 0.25) is 0 Å². The van der Waals surface area contributed by atoms with Crippen molar-refractivity contribution in [1.29, 1.82) is 0 Å². The van der Waals surface area contributed by atoms with Gasteiger partial charge in [0.2, 0.25) is 0 Å². The van der Waals surface area contributed by atoms with Gasteiger partial charge in [0.15, 0.2) is 0 Å². The second-order valence-corrected chi connectivity index (χ2v) is 6.61. The average Bonchev–Trinajstić information content (AvgIpc) is 2.66. The molecule has 0 saturated carbocycles. The Morgan fingerprint density at radius 1 is 1.22 bits per heavy atom. The Morgan fingerprint density at radius 2 is 2.00 bits per heavy atom. The molecule has 1 heterocycles. The van der Waals surface area contributed by atoms with Crippen molar-refractivity contribution < 1.29 is 23.8 Å². The second kappa shape index (κ2) is 7.86. The Morgan fingerprint density at radius 3 is 2.67 bits per heavy atom. The maximum Gasteiger partial charge on any atom is 0.336 e. The molecule has 6 heteroatoms. The topological polar surface area (TPSA) is 73.9 Å². The van der Waals surface area contributed by atoms with Crippen LogP contribution in [0.3, 0.4) is 0 Å². The summed E-state index contributed by atoms with van der Waals surface area (Å²) in [6.07, 6.45) is 3.19. The monoisotopic (exact) mass is 371 g/mol. The number of rotatable bonds is 5. The molecule has 0 aromatic heterocycles. The highest BCUT2D eigenvalue weighted by Gasteiger charge is 2.44. The first-order valence-corrected chi connectivity index (χ1v) is 9.11. The van der Waals surface area contributed by atoms with Gasteiger partial charge in [-0.25, -0.2) is 4.79 Å². The Kier molecular flexibility index (Phi) is 5.54. The molecule has 6 nitrogen and oxygen atoms in total. The van der Waals surface area contributed by atoms with Crippen molar-refractivity contribution in [2.75, 3.05) is 20.8 Å². The van der Waals surface area contributed by atoms with Crippen LogP contribution in [0.4, 0.5) is 0 Å². The summed E-state index contributed by atoms with van der Waals surface area (Å²) in [5, 5.41) is 3.25. The van der Waals surface area contributed by atoms with Gasteiger partial charge in [-0.15, -0.1) is 0 Å². The van der Waals surface area contributed by atoms with Crippen LogP contribution in [0.25, 0.3) is 0 Å². The SMILES string of the molecule is CCOC(=O)C1=C(C)NC2=CCCC(=O)C2C1c1cc(OC)ccc1OC. The molecular weight excluding hydrogens is 346 g/mol. The van der Waals surface area contributed by atoms with Crippen LogP contribution in [0.5, 0.6) is 11.5 Å². The third-order valence-corrected chi connectivity index (χ3v) is 5.08. The van der Waals surface area contributed by atoms with Crippen LogP contribution in [0.1, 0.15) is 38.2 Å². The van der Waals surface area contributed by atoms with E-state index in [2.05, 4.69) is 5.32 Å². The number of carbonyl (C=O) groups is 2. The maximum atomic E-state index is 12.9. The van der Waals surface area contributed by atoms with Crippen molar-refractivity contribution in [2.45, 2.75) is 32.6 Å². The molecule has 1 aliphatic carbocycles. The van der Waals surface area contributed by atoms with Crippen molar-refractivity contribution in [3.8, 4) is 11.5 Å². The number of esters is 1. The molecule has 0 saturated heterocycles. The number of carbonyl (C=O) groups excluding carboxylic acids is 2. The molecule has 2 unspecified atom stereocenters. The minimum Gasteiger partial charge on any atom is -0.497 e. The minimum atomic E-state index is -0.491. The lowest BCUT2D eigenvalue weighted by Gasteiger charge is -2.38. The molecule has 1 aromatic carbocycles. The zero-order valence-electron chi connectivity index (χ0n) is 16.1. The van der Waals surface area contributed by atoms with Gasteiger partial charge in [0.05, 0.1) is 32.3 Å². The van der Waals surface area contributed by atoms with E-state index in [0.717, 1.165) is 11.3 Å². The smallest absolute Gasteiger partial charge is 0.336 e. The fourth-order valence-corrected chi connectivity index (χ4v) is 3.91. The molecule has 2 aliphatic rings. The second-order valence-electron chi connectivity index (χ2n) is 6.61. The largest absolute Gasteiger partial charge is 0.497 e. The number of ether oxygens (including phenoxy) is 3. The van der Waals surface area contributed by atoms with Gasteiger partial charge < -0.3 is 19.5 Å². The zero-order valence-corrected chi connectivity index (χ0v) is 16.1. The van der Waals surface area contributed by atoms with E-state index in [9.17, 15) is 9.59 Å². The van der Waals surface area contributed by atoms with Crippen LogP contribution in [-0.2, 0) is 14.3 Å². The fraction of sp³-hybridized carbons (Fsp3) is 0.429. The molecule has 0 radical (unpaired) electrons. The van der Waals surface area contributed by atoms with Crippen LogP contribution in [0, 0.1) is 5.92 Å². The van der Waals surface area contributed by atoms with Gasteiger partial charge in [0.1, 0.15) is 17.3 Å². The predicted octanol–water partition coefficient (Wildman–Crippen LogP) is 3.09. The van der Waals surface area contributed by atoms with Crippen LogP contribution in [0.15, 0.2) is 41.2 Å². The lowest BCUT2D eigenvalue weighted by Crippen LogP contribution is -2.41. The van der Waals surface area contributed by atoms with E-state index in [1.165, 1.54) is 0 Å². The zero-order chi connectivity index (χ0) is 19.6. The normalized spacial score (nSPS) is 21.8. The summed E-state index contributed by atoms with van der Waals surface area (Å²) < 4.78 is 16.2. The molecule has 0 bridgehead atoms. The van der Waals surface area contributed by atoms with E-state index in [1.807, 2.05) is 19.1 Å². The minimum absolute atomic E-state index is 0.101. The van der Waals surface area contributed by atoms with Crippen molar-refractivity contribution >= 4 is 11.8 Å². The Bertz CT molecular complexity index is 824. The number of benzene rings is 1. The summed E-state index contributed by atoms with van der Waals surface area (Å²) in [6.45, 7) is 3.86. The van der Waals surface area contributed by atoms with E-state index in [-0.39, 0.29) is 12.4 Å². The van der Waals surface area contributed by atoms with E-state index < -0.39 is 17.8 Å². The molecular formula is C21H25NO5. The van der Waals surface area contributed by atoms with E-state index in [0.29, 0.717) is 35.6 Å². The number of fused-ring (bicyclic) bond motifs is 1. The number of Topliss-reactive ketones (excluding diaryl/α,β-unsaturated/α-hetero) is 1. The van der Waals surface area contributed by atoms with Crippen molar-refractivity contribution in [3.05, 3.63) is 46.8 Å². The molecule has 3 rings (SSSR count). The van der Waals surface area contributed by atoms with Crippen LogP contribution in [-0.4, -0.2) is 32.6 Å². The van der Waals surface area contributed by atoms with Crippen molar-refractivity contribution in [3.63, 3.8) is 0 Å². The van der Waals surface area contributed by atoms with Crippen molar-refractivity contribution in [2.24, 2.45) is 5.92 Å². The van der Waals surface area contributed by atoms with Gasteiger partial charge in [-0.3, -0.25) is 4.79 Å². The number of methoxy groups -OCH3 is 2. The number of nitrogens with one attached hydrogen (secondary N) is 1. The number of ketones is 1. The Balaban J connectivity index is 2.24. The van der Waals surface area contributed by atoms with Crippen molar-refractivity contribution in [1.82, 2.24) is 5.32 Å². The molecule has 1 N–H and O–H groups in total. The van der Waals surface area contributed by atoms with E-state index in [1.54, 1.807) is 33.3 Å². The Hall–Kier alpha value is -2.76. The number of hydrogen-bond acceptors (Lipinski definition) is 6. The lowest BCUT2D eigenvalue weighted by molar-refractivity contribution is -0.139. The van der Waals surface area contributed by atoms with Gasteiger partial charge >= 0.3 is 5.97 Å². The van der Waals surface area contributed by atoms with E-state index in [4.69, 9.17) is 14.2 Å². The summed E-state index contributed by atoms with van der Waals surface area (Å²) in [4.78, 5) is 25.7. The van der Waals surface area contributed by atoms with Gasteiger partial charge in [-0.1, -0.05) is 6.08 Å². The fourth-order valence-electron chi connectivity index (χ4n) is 3.91. The quantitative estimate of drug-likeness (QED) is 0.802. The lowest BCUT2D eigenvalue weighted by atomic mass is 9.70. The summed E-state index contributed by atoms with van der Waals surface area (Å²) in [7, 11) is 3.16. The molecule has 27 heavy (non-hydrogen) atoms. The van der Waals surface area contributed by atoms with Gasteiger partial charge in [-0.2, -0.15) is 0 Å². The third kappa shape index (κ3) is 3.44. The van der Waals surface area contributed by atoms with Crippen LogP contribution >= 0.6 is 0 Å². The molecule has 0 fully saturated rings. The molecule has 0 spiro atoms. The first-order valence-electron chi connectivity index (χ1n) is 9.11. The molecule has 1 aliphatic heterocycles. The standard InChI is InChI=1S/C21H25NO5/c1-5-27-21(24)18-12(2)22-15-7-6-8-16(23)20(15)19(18)14-11-13(25-3)9-10-17(14)26-4/h7,9-11,19-20,22H,5-6,8H2,1-4H3. The summed E-state index contributed by atoms with van der Waals surface area (Å²) >= 11 is 0. The molecule has 144 valence electrons. The van der Waals surface area contributed by atoms with E-state index >= 15 is 0 Å². The predicted molar refractivity (Wildman–Crippen MR) is 101 cm³/mol. The van der Waals surface area contributed by atoms with Crippen LogP contribution < -0.4 is 14.8 Å². The van der Waals surface area contributed by atoms with Gasteiger partial charge in [0, 0.05) is 29.3 Å². The highest BCUT2D eigenvalue weighted by molar-refractivity contribution is 5.96. The first kappa shape index (κ1) is 19.0. The van der Waals surface area contributed by atoms with Gasteiger partial charge in [-0.05, 0) is 38.5 Å².